The molecule has 4 rings (SSSR count). The van der Waals surface area contributed by atoms with Crippen molar-refractivity contribution in [2.24, 2.45) is 0 Å². The molecular weight excluding hydrogens is 306 g/mol. The summed E-state index contributed by atoms with van der Waals surface area (Å²) in [5, 5.41) is 4.34. The first-order chi connectivity index (χ1) is 11.3. The Morgan fingerprint density at radius 1 is 1.13 bits per heavy atom. The lowest BCUT2D eigenvalue weighted by atomic mass is 10.0. The van der Waals surface area contributed by atoms with E-state index in [0.29, 0.717) is 6.04 Å². The summed E-state index contributed by atoms with van der Waals surface area (Å²) in [7, 11) is 0. The molecule has 2 amide bonds. The van der Waals surface area contributed by atoms with Gasteiger partial charge in [0.25, 0.3) is 0 Å². The number of carbonyl (C=O) groups is 1. The molecule has 2 heterocycles. The lowest BCUT2D eigenvalue weighted by molar-refractivity contribution is 0.148. The second-order valence-corrected chi connectivity index (χ2v) is 7.72. The van der Waals surface area contributed by atoms with Gasteiger partial charge in [0.1, 0.15) is 5.01 Å². The summed E-state index contributed by atoms with van der Waals surface area (Å²) in [5.41, 5.74) is 1.05. The Morgan fingerprint density at radius 3 is 2.74 bits per heavy atom. The summed E-state index contributed by atoms with van der Waals surface area (Å²) < 4.78 is 1.21. The van der Waals surface area contributed by atoms with E-state index in [1.54, 1.807) is 11.3 Å². The highest BCUT2D eigenvalue weighted by molar-refractivity contribution is 7.18. The molecule has 5 heteroatoms. The Balaban J connectivity index is 1.55. The number of likely N-dealkylation sites (tertiary alicyclic amines) is 1. The van der Waals surface area contributed by atoms with E-state index in [-0.39, 0.29) is 12.1 Å². The monoisotopic (exact) mass is 329 g/mol. The minimum Gasteiger partial charge on any atom is -0.335 e. The largest absolute Gasteiger partial charge is 0.335 e. The zero-order chi connectivity index (χ0) is 15.6. The highest BCUT2D eigenvalue weighted by Crippen LogP contribution is 2.35. The van der Waals surface area contributed by atoms with Crippen LogP contribution in [0.5, 0.6) is 0 Å². The van der Waals surface area contributed by atoms with Crippen molar-refractivity contribution in [3.05, 3.63) is 29.3 Å². The topological polar surface area (TPSA) is 45.2 Å². The second-order valence-electron chi connectivity index (χ2n) is 6.66. The minimum absolute atomic E-state index is 0.112. The molecule has 2 aliphatic rings. The van der Waals surface area contributed by atoms with Crippen molar-refractivity contribution in [3.63, 3.8) is 0 Å². The number of thiazole rings is 1. The predicted octanol–water partition coefficient (Wildman–Crippen LogP) is 4.48. The fourth-order valence-electron chi connectivity index (χ4n) is 3.79. The number of benzene rings is 1. The summed E-state index contributed by atoms with van der Waals surface area (Å²) >= 11 is 1.73. The molecule has 1 saturated heterocycles. The summed E-state index contributed by atoms with van der Waals surface area (Å²) in [4.78, 5) is 19.6. The van der Waals surface area contributed by atoms with Gasteiger partial charge in [0.15, 0.2) is 0 Å². The molecule has 23 heavy (non-hydrogen) atoms. The number of hydrogen-bond acceptors (Lipinski definition) is 3. The van der Waals surface area contributed by atoms with Crippen LogP contribution in [0.15, 0.2) is 24.3 Å². The summed E-state index contributed by atoms with van der Waals surface area (Å²) in [6.45, 7) is 0.846. The van der Waals surface area contributed by atoms with Crippen LogP contribution >= 0.6 is 11.3 Å². The fourth-order valence-corrected chi connectivity index (χ4v) is 4.91. The number of amides is 2. The molecule has 1 aliphatic carbocycles. The molecule has 1 N–H and O–H groups in total. The molecule has 0 bridgehead atoms. The normalized spacial score (nSPS) is 22.6. The maximum absolute atomic E-state index is 12.7. The van der Waals surface area contributed by atoms with Crippen molar-refractivity contribution in [1.29, 1.82) is 0 Å². The first-order valence-corrected chi connectivity index (χ1v) is 9.55. The van der Waals surface area contributed by atoms with Gasteiger partial charge in [0, 0.05) is 12.6 Å². The third-order valence-corrected chi connectivity index (χ3v) is 6.18. The van der Waals surface area contributed by atoms with Crippen molar-refractivity contribution in [2.45, 2.75) is 57.0 Å². The van der Waals surface area contributed by atoms with Gasteiger partial charge < -0.3 is 10.2 Å². The van der Waals surface area contributed by atoms with Crippen LogP contribution in [0.25, 0.3) is 10.2 Å². The first kappa shape index (κ1) is 14.9. The van der Waals surface area contributed by atoms with Crippen LogP contribution in [0, 0.1) is 0 Å². The van der Waals surface area contributed by atoms with Crippen molar-refractivity contribution in [1.82, 2.24) is 15.2 Å². The van der Waals surface area contributed by atoms with E-state index in [4.69, 9.17) is 4.98 Å². The number of urea groups is 1. The fraction of sp³-hybridized carbons (Fsp3) is 0.556. The van der Waals surface area contributed by atoms with Crippen molar-refractivity contribution in [2.75, 3.05) is 6.54 Å². The molecule has 1 atom stereocenters. The van der Waals surface area contributed by atoms with E-state index in [1.165, 1.54) is 24.0 Å². The zero-order valence-corrected chi connectivity index (χ0v) is 14.1. The Morgan fingerprint density at radius 2 is 1.91 bits per heavy atom. The molecule has 0 spiro atoms. The van der Waals surface area contributed by atoms with E-state index in [0.717, 1.165) is 42.8 Å². The number of aromatic nitrogens is 1. The molecule has 1 unspecified atom stereocenters. The summed E-state index contributed by atoms with van der Waals surface area (Å²) in [5.74, 6) is 0. The molecule has 1 aliphatic heterocycles. The number of hydrogen-bond donors (Lipinski definition) is 1. The first-order valence-electron chi connectivity index (χ1n) is 8.74. The maximum atomic E-state index is 12.7. The molecular formula is C18H23N3OS. The summed E-state index contributed by atoms with van der Waals surface area (Å²) in [6, 6.07) is 8.87. The van der Waals surface area contributed by atoms with Crippen LogP contribution in [0.2, 0.25) is 0 Å². The van der Waals surface area contributed by atoms with E-state index in [9.17, 15) is 4.79 Å². The van der Waals surface area contributed by atoms with Crippen LogP contribution < -0.4 is 5.32 Å². The van der Waals surface area contributed by atoms with Gasteiger partial charge in [-0.25, -0.2) is 9.78 Å². The average molecular weight is 329 g/mol. The number of carbonyl (C=O) groups excluding carboxylic acids is 1. The number of rotatable bonds is 2. The molecule has 2 aromatic rings. The maximum Gasteiger partial charge on any atom is 0.318 e. The number of nitrogens with zero attached hydrogens (tertiary/aromatic N) is 2. The Hall–Kier alpha value is -1.62. The predicted molar refractivity (Wildman–Crippen MR) is 93.7 cm³/mol. The number of piperidine rings is 1. The standard InChI is InChI=1S/C18H23N3OS/c22-18(19-13-7-1-2-8-13)21-12-6-5-10-15(21)17-20-14-9-3-4-11-16(14)23-17/h3-4,9,11,13,15H,1-2,5-8,10,12H2,(H,19,22). The third-order valence-electron chi connectivity index (χ3n) is 5.04. The van der Waals surface area contributed by atoms with Gasteiger partial charge in [-0.15, -0.1) is 11.3 Å². The van der Waals surface area contributed by atoms with Crippen molar-refractivity contribution in [3.8, 4) is 0 Å². The average Bonchev–Trinajstić information content (AvgIpc) is 3.23. The van der Waals surface area contributed by atoms with Crippen LogP contribution in [0.4, 0.5) is 4.79 Å². The van der Waals surface area contributed by atoms with Crippen LogP contribution in [0.1, 0.15) is 56.0 Å². The lowest BCUT2D eigenvalue weighted by Gasteiger charge is -2.35. The Labute approximate surface area is 140 Å². The molecule has 1 aromatic heterocycles. The van der Waals surface area contributed by atoms with Crippen LogP contribution in [0.3, 0.4) is 0 Å². The van der Waals surface area contributed by atoms with Gasteiger partial charge in [-0.05, 0) is 44.2 Å². The SMILES string of the molecule is O=C(NC1CCCC1)N1CCCCC1c1nc2ccccc2s1. The van der Waals surface area contributed by atoms with Gasteiger partial charge >= 0.3 is 6.03 Å². The van der Waals surface area contributed by atoms with Crippen LogP contribution in [-0.2, 0) is 0 Å². The van der Waals surface area contributed by atoms with Crippen molar-refractivity contribution >= 4 is 27.6 Å². The lowest BCUT2D eigenvalue weighted by Crippen LogP contribution is -2.47. The Bertz CT molecular complexity index is 659. The molecule has 1 aromatic carbocycles. The molecule has 122 valence electrons. The minimum atomic E-state index is 0.112. The molecule has 4 nitrogen and oxygen atoms in total. The highest BCUT2D eigenvalue weighted by atomic mass is 32.1. The van der Waals surface area contributed by atoms with Gasteiger partial charge in [-0.2, -0.15) is 0 Å². The molecule has 0 radical (unpaired) electrons. The summed E-state index contributed by atoms with van der Waals surface area (Å²) in [6.07, 6.45) is 8.04. The van der Waals surface area contributed by atoms with E-state index in [1.807, 2.05) is 11.0 Å². The van der Waals surface area contributed by atoms with E-state index < -0.39 is 0 Å². The van der Waals surface area contributed by atoms with Gasteiger partial charge in [-0.3, -0.25) is 0 Å². The smallest absolute Gasteiger partial charge is 0.318 e. The Kier molecular flexibility index (Phi) is 4.21. The van der Waals surface area contributed by atoms with E-state index in [2.05, 4.69) is 23.5 Å². The number of fused-ring (bicyclic) bond motifs is 1. The van der Waals surface area contributed by atoms with E-state index >= 15 is 0 Å². The van der Waals surface area contributed by atoms with Gasteiger partial charge in [0.05, 0.1) is 16.3 Å². The second kappa shape index (κ2) is 6.48. The third kappa shape index (κ3) is 3.07. The molecule has 1 saturated carbocycles. The molecule has 2 fully saturated rings. The van der Waals surface area contributed by atoms with Gasteiger partial charge in [0.2, 0.25) is 0 Å². The highest BCUT2D eigenvalue weighted by Gasteiger charge is 2.31. The van der Waals surface area contributed by atoms with Crippen LogP contribution in [-0.4, -0.2) is 28.5 Å². The van der Waals surface area contributed by atoms with Gasteiger partial charge in [-0.1, -0.05) is 25.0 Å². The number of para-hydroxylation sites is 1. The zero-order valence-electron chi connectivity index (χ0n) is 13.3. The number of nitrogens with one attached hydrogen (secondary N) is 1. The van der Waals surface area contributed by atoms with Crippen molar-refractivity contribution < 1.29 is 4.79 Å². The quantitative estimate of drug-likeness (QED) is 0.883.